The highest BCUT2D eigenvalue weighted by Gasteiger charge is 2.34. The third-order valence-electron chi connectivity index (χ3n) is 4.08. The SMILES string of the molecule is CC(=O)N1CC(C)(C)Oc2ccc(S(=O)(=O)Nc3cccc(C#N)c3)cc21. The van der Waals surface area contributed by atoms with Crippen molar-refractivity contribution in [2.45, 2.75) is 31.3 Å². The molecule has 1 heterocycles. The Labute approximate surface area is 158 Å². The van der Waals surface area contributed by atoms with E-state index in [1.807, 2.05) is 19.9 Å². The van der Waals surface area contributed by atoms with E-state index >= 15 is 0 Å². The number of fused-ring (bicyclic) bond motifs is 1. The summed E-state index contributed by atoms with van der Waals surface area (Å²) in [4.78, 5) is 13.6. The summed E-state index contributed by atoms with van der Waals surface area (Å²) in [5, 5.41) is 8.95. The number of carbonyl (C=O) groups is 1. The Morgan fingerprint density at radius 3 is 2.67 bits per heavy atom. The van der Waals surface area contributed by atoms with E-state index in [-0.39, 0.29) is 16.5 Å². The van der Waals surface area contributed by atoms with Crippen LogP contribution in [0.2, 0.25) is 0 Å². The lowest BCUT2D eigenvalue weighted by molar-refractivity contribution is -0.117. The number of rotatable bonds is 3. The number of nitrogens with zero attached hydrogens (tertiary/aromatic N) is 2. The monoisotopic (exact) mass is 385 g/mol. The van der Waals surface area contributed by atoms with Crippen molar-refractivity contribution in [3.63, 3.8) is 0 Å². The van der Waals surface area contributed by atoms with E-state index in [0.717, 1.165) is 0 Å². The molecule has 0 aromatic heterocycles. The quantitative estimate of drug-likeness (QED) is 0.876. The Morgan fingerprint density at radius 2 is 2.00 bits per heavy atom. The zero-order valence-corrected chi connectivity index (χ0v) is 16.0. The van der Waals surface area contributed by atoms with Gasteiger partial charge in [0.1, 0.15) is 11.4 Å². The van der Waals surface area contributed by atoms with Crippen molar-refractivity contribution >= 4 is 27.3 Å². The Balaban J connectivity index is 1.99. The first kappa shape index (κ1) is 18.7. The van der Waals surface area contributed by atoms with E-state index in [9.17, 15) is 13.2 Å². The van der Waals surface area contributed by atoms with Crippen molar-refractivity contribution in [3.05, 3.63) is 48.0 Å². The first-order valence-electron chi connectivity index (χ1n) is 8.25. The molecule has 3 rings (SSSR count). The molecular formula is C19H19N3O4S. The van der Waals surface area contributed by atoms with Crippen LogP contribution in [-0.4, -0.2) is 26.5 Å². The summed E-state index contributed by atoms with van der Waals surface area (Å²) in [6.07, 6.45) is 0. The average Bonchev–Trinajstić information content (AvgIpc) is 2.59. The molecule has 1 aliphatic rings. The van der Waals surface area contributed by atoms with Crippen LogP contribution in [0.5, 0.6) is 5.75 Å². The van der Waals surface area contributed by atoms with Gasteiger partial charge in [-0.3, -0.25) is 9.52 Å². The van der Waals surface area contributed by atoms with Crippen molar-refractivity contribution < 1.29 is 17.9 Å². The maximum Gasteiger partial charge on any atom is 0.261 e. The second-order valence-electron chi connectivity index (χ2n) is 6.89. The number of nitrogens with one attached hydrogen (secondary N) is 1. The Bertz CT molecular complexity index is 1050. The molecule has 0 fully saturated rings. The van der Waals surface area contributed by atoms with E-state index in [0.29, 0.717) is 23.5 Å². The predicted octanol–water partition coefficient (Wildman–Crippen LogP) is 2.88. The predicted molar refractivity (Wildman–Crippen MR) is 101 cm³/mol. The summed E-state index contributed by atoms with van der Waals surface area (Å²) in [5.41, 5.74) is 0.469. The van der Waals surface area contributed by atoms with E-state index in [4.69, 9.17) is 10.00 Å². The molecule has 1 amide bonds. The molecule has 1 aliphatic heterocycles. The lowest BCUT2D eigenvalue weighted by Crippen LogP contribution is -2.48. The van der Waals surface area contributed by atoms with E-state index in [2.05, 4.69) is 4.72 Å². The summed E-state index contributed by atoms with van der Waals surface area (Å²) in [7, 11) is -3.90. The third kappa shape index (κ3) is 3.88. The molecular weight excluding hydrogens is 366 g/mol. The number of ether oxygens (including phenoxy) is 1. The van der Waals surface area contributed by atoms with Gasteiger partial charge in [0.15, 0.2) is 0 Å². The highest BCUT2D eigenvalue weighted by atomic mass is 32.2. The Kier molecular flexibility index (Phi) is 4.57. The number of benzene rings is 2. The highest BCUT2D eigenvalue weighted by molar-refractivity contribution is 7.92. The van der Waals surface area contributed by atoms with Crippen LogP contribution in [0.4, 0.5) is 11.4 Å². The molecule has 27 heavy (non-hydrogen) atoms. The van der Waals surface area contributed by atoms with Crippen LogP contribution in [0.15, 0.2) is 47.4 Å². The smallest absolute Gasteiger partial charge is 0.261 e. The molecule has 7 nitrogen and oxygen atoms in total. The van der Waals surface area contributed by atoms with Gasteiger partial charge >= 0.3 is 0 Å². The zero-order valence-electron chi connectivity index (χ0n) is 15.2. The number of nitriles is 1. The fraction of sp³-hybridized carbons (Fsp3) is 0.263. The molecule has 2 aromatic carbocycles. The number of hydrogen-bond donors (Lipinski definition) is 1. The van der Waals surface area contributed by atoms with Crippen LogP contribution in [0.1, 0.15) is 26.3 Å². The molecule has 0 radical (unpaired) electrons. The lowest BCUT2D eigenvalue weighted by Gasteiger charge is -2.39. The molecule has 2 aromatic rings. The molecule has 0 aliphatic carbocycles. The summed E-state index contributed by atoms with van der Waals surface area (Å²) < 4.78 is 33.8. The minimum atomic E-state index is -3.90. The summed E-state index contributed by atoms with van der Waals surface area (Å²) >= 11 is 0. The fourth-order valence-corrected chi connectivity index (χ4v) is 3.97. The van der Waals surface area contributed by atoms with Crippen LogP contribution in [0, 0.1) is 11.3 Å². The maximum absolute atomic E-state index is 12.8. The highest BCUT2D eigenvalue weighted by Crippen LogP contribution is 2.38. The van der Waals surface area contributed by atoms with Gasteiger partial charge < -0.3 is 9.64 Å². The number of carbonyl (C=O) groups excluding carboxylic acids is 1. The van der Waals surface area contributed by atoms with Crippen LogP contribution in [0.25, 0.3) is 0 Å². The van der Waals surface area contributed by atoms with E-state index in [1.165, 1.54) is 30.0 Å². The van der Waals surface area contributed by atoms with Gasteiger partial charge in [0, 0.05) is 6.92 Å². The van der Waals surface area contributed by atoms with Crippen LogP contribution in [-0.2, 0) is 14.8 Å². The lowest BCUT2D eigenvalue weighted by atomic mass is 10.1. The van der Waals surface area contributed by atoms with Gasteiger partial charge in [-0.2, -0.15) is 5.26 Å². The molecule has 0 saturated carbocycles. The molecule has 0 atom stereocenters. The zero-order chi connectivity index (χ0) is 19.8. The normalized spacial score (nSPS) is 15.3. The largest absolute Gasteiger partial charge is 0.484 e. The Hall–Kier alpha value is -3.05. The summed E-state index contributed by atoms with van der Waals surface area (Å²) in [5.74, 6) is 0.253. The van der Waals surface area contributed by atoms with Gasteiger partial charge in [-0.1, -0.05) is 6.07 Å². The van der Waals surface area contributed by atoms with Crippen LogP contribution >= 0.6 is 0 Å². The molecule has 0 saturated heterocycles. The number of amides is 1. The minimum absolute atomic E-state index is 0.00170. The van der Waals surface area contributed by atoms with E-state index in [1.54, 1.807) is 24.3 Å². The van der Waals surface area contributed by atoms with Crippen molar-refractivity contribution in [2.24, 2.45) is 0 Å². The Morgan fingerprint density at radius 1 is 1.26 bits per heavy atom. The molecule has 0 bridgehead atoms. The van der Waals surface area contributed by atoms with Crippen molar-refractivity contribution in [2.75, 3.05) is 16.2 Å². The first-order valence-corrected chi connectivity index (χ1v) is 9.74. The molecule has 0 spiro atoms. The molecule has 8 heteroatoms. The van der Waals surface area contributed by atoms with Crippen LogP contribution in [0.3, 0.4) is 0 Å². The van der Waals surface area contributed by atoms with Crippen molar-refractivity contribution in [1.29, 1.82) is 5.26 Å². The molecule has 1 N–H and O–H groups in total. The van der Waals surface area contributed by atoms with E-state index < -0.39 is 15.6 Å². The first-order chi connectivity index (χ1) is 12.6. The van der Waals surface area contributed by atoms with Crippen molar-refractivity contribution in [1.82, 2.24) is 0 Å². The average molecular weight is 385 g/mol. The number of sulfonamides is 1. The number of anilines is 2. The standard InChI is InChI=1S/C19H19N3O4S/c1-13(23)22-12-19(2,3)26-18-8-7-16(10-17(18)22)27(24,25)21-15-6-4-5-14(9-15)11-20/h4-10,21H,12H2,1-3H3. The van der Waals surface area contributed by atoms with Crippen molar-refractivity contribution in [3.8, 4) is 11.8 Å². The summed E-state index contributed by atoms with van der Waals surface area (Å²) in [6, 6.07) is 12.5. The van der Waals surface area contributed by atoms with Gasteiger partial charge in [-0.05, 0) is 50.2 Å². The number of hydrogen-bond acceptors (Lipinski definition) is 5. The molecule has 140 valence electrons. The third-order valence-corrected chi connectivity index (χ3v) is 5.46. The van der Waals surface area contributed by atoms with Gasteiger partial charge in [-0.15, -0.1) is 0 Å². The maximum atomic E-state index is 12.8. The second kappa shape index (κ2) is 6.59. The van der Waals surface area contributed by atoms with Gasteiger partial charge in [-0.25, -0.2) is 8.42 Å². The second-order valence-corrected chi connectivity index (χ2v) is 8.58. The van der Waals surface area contributed by atoms with Gasteiger partial charge in [0.25, 0.3) is 10.0 Å². The summed E-state index contributed by atoms with van der Waals surface area (Å²) in [6.45, 7) is 5.47. The van der Waals surface area contributed by atoms with Gasteiger partial charge in [0.05, 0.1) is 34.4 Å². The molecule has 0 unspecified atom stereocenters. The minimum Gasteiger partial charge on any atom is -0.484 e. The topological polar surface area (TPSA) is 99.5 Å². The van der Waals surface area contributed by atoms with Gasteiger partial charge in [0.2, 0.25) is 5.91 Å². The fourth-order valence-electron chi connectivity index (χ4n) is 2.90. The van der Waals surface area contributed by atoms with Crippen LogP contribution < -0.4 is 14.4 Å².